The van der Waals surface area contributed by atoms with Gasteiger partial charge in [-0.2, -0.15) is 0 Å². The molecule has 1 aromatic rings. The molecule has 9 heteroatoms. The third-order valence-electron chi connectivity index (χ3n) is 5.72. The van der Waals surface area contributed by atoms with Crippen molar-refractivity contribution in [1.29, 1.82) is 0 Å². The smallest absolute Gasteiger partial charge is 0.303 e. The molecule has 1 aliphatic rings. The first-order valence-corrected chi connectivity index (χ1v) is 12.9. The van der Waals surface area contributed by atoms with Crippen molar-refractivity contribution >= 4 is 27.7 Å². The average Bonchev–Trinajstić information content (AvgIpc) is 2.70. The summed E-state index contributed by atoms with van der Waals surface area (Å²) < 4.78 is 38.9. The number of nitrogens with zero attached hydrogens (tertiary/aromatic N) is 3. The second-order valence-corrected chi connectivity index (χ2v) is 11.2. The van der Waals surface area contributed by atoms with Crippen LogP contribution in [0.25, 0.3) is 0 Å². The minimum atomic E-state index is -3.56. The van der Waals surface area contributed by atoms with Crippen LogP contribution in [0.2, 0.25) is 0 Å². The summed E-state index contributed by atoms with van der Waals surface area (Å²) in [4.78, 5) is 20.2. The molecule has 4 atom stereocenters. The van der Waals surface area contributed by atoms with Crippen LogP contribution in [0, 0.1) is 29.5 Å². The largest absolute Gasteiger partial charge is 0.481 e. The number of hydrogen-bond acceptors (Lipinski definition) is 5. The van der Waals surface area contributed by atoms with Gasteiger partial charge in [-0.25, -0.2) is 27.1 Å². The second-order valence-electron chi connectivity index (χ2n) is 9.22. The lowest BCUT2D eigenvalue weighted by atomic mass is 9.82. The maximum Gasteiger partial charge on any atom is 0.303 e. The predicted octanol–water partition coefficient (Wildman–Crippen LogP) is 4.21. The zero-order chi connectivity index (χ0) is 24.9. The van der Waals surface area contributed by atoms with Gasteiger partial charge in [0.25, 0.3) is 0 Å². The highest BCUT2D eigenvalue weighted by atomic mass is 32.2. The lowest BCUT2D eigenvalue weighted by Gasteiger charge is -2.32. The van der Waals surface area contributed by atoms with E-state index in [1.54, 1.807) is 12.1 Å². The van der Waals surface area contributed by atoms with Gasteiger partial charge < -0.3 is 5.11 Å². The Morgan fingerprint density at radius 1 is 1.21 bits per heavy atom. The molecule has 2 rings (SSSR count). The number of carboxylic acid groups (broad SMARTS) is 1. The fraction of sp³-hybridized carbons (Fsp3) is 0.542. The molecule has 0 aromatic heterocycles. The molecule has 0 radical (unpaired) electrons. The molecule has 1 heterocycles. The van der Waals surface area contributed by atoms with Crippen LogP contribution in [0.1, 0.15) is 46.1 Å². The number of guanidine groups is 1. The second kappa shape index (κ2) is 11.0. The highest BCUT2D eigenvalue weighted by molar-refractivity contribution is 7.88. The SMILES string of the molecule is CC(C)C1N=C(N(C)S(C)(=O)=O)N=C(c2ccc(F)cc2)C1/C=C/[C@@H](C)C[C@@H](C)CC(=O)O. The van der Waals surface area contributed by atoms with Gasteiger partial charge in [0, 0.05) is 19.4 Å². The number of halogens is 1. The summed E-state index contributed by atoms with van der Waals surface area (Å²) in [6.45, 7) is 7.97. The molecule has 7 nitrogen and oxygen atoms in total. The van der Waals surface area contributed by atoms with Gasteiger partial charge in [-0.3, -0.25) is 4.79 Å². The summed E-state index contributed by atoms with van der Waals surface area (Å²) in [5, 5.41) is 9.01. The summed E-state index contributed by atoms with van der Waals surface area (Å²) in [6.07, 6.45) is 5.99. The van der Waals surface area contributed by atoms with Crippen LogP contribution in [0.3, 0.4) is 0 Å². The first-order valence-electron chi connectivity index (χ1n) is 11.1. The van der Waals surface area contributed by atoms with E-state index in [9.17, 15) is 17.6 Å². The van der Waals surface area contributed by atoms with E-state index in [1.165, 1.54) is 19.2 Å². The van der Waals surface area contributed by atoms with Crippen molar-refractivity contribution in [3.8, 4) is 0 Å². The minimum absolute atomic E-state index is 0.0349. The van der Waals surface area contributed by atoms with E-state index >= 15 is 0 Å². The molecular formula is C24H34FN3O4S. The highest BCUT2D eigenvalue weighted by Crippen LogP contribution is 2.29. The van der Waals surface area contributed by atoms with Crippen molar-refractivity contribution in [3.63, 3.8) is 0 Å². The summed E-state index contributed by atoms with van der Waals surface area (Å²) in [5.41, 5.74) is 1.31. The van der Waals surface area contributed by atoms with Gasteiger partial charge in [0.15, 0.2) is 0 Å². The van der Waals surface area contributed by atoms with Crippen LogP contribution in [0.4, 0.5) is 4.39 Å². The van der Waals surface area contributed by atoms with Crippen LogP contribution >= 0.6 is 0 Å². The average molecular weight is 480 g/mol. The van der Waals surface area contributed by atoms with E-state index < -0.39 is 16.0 Å². The van der Waals surface area contributed by atoms with E-state index in [2.05, 4.69) is 9.98 Å². The summed E-state index contributed by atoms with van der Waals surface area (Å²) >= 11 is 0. The monoisotopic (exact) mass is 479 g/mol. The van der Waals surface area contributed by atoms with E-state index in [0.717, 1.165) is 17.0 Å². The van der Waals surface area contributed by atoms with Crippen LogP contribution in [0.5, 0.6) is 0 Å². The molecule has 0 fully saturated rings. The van der Waals surface area contributed by atoms with Crippen molar-refractivity contribution in [2.45, 2.75) is 46.6 Å². The molecule has 1 aliphatic heterocycles. The number of allylic oxidation sites excluding steroid dienone is 1. The van der Waals surface area contributed by atoms with Crippen LogP contribution in [0.15, 0.2) is 46.4 Å². The zero-order valence-electron chi connectivity index (χ0n) is 20.1. The molecule has 0 bridgehead atoms. The van der Waals surface area contributed by atoms with Crippen molar-refractivity contribution in [2.24, 2.45) is 33.7 Å². The van der Waals surface area contributed by atoms with Gasteiger partial charge in [-0.1, -0.05) is 52.0 Å². The number of rotatable bonds is 9. The fourth-order valence-corrected chi connectivity index (χ4v) is 4.32. The molecule has 0 aliphatic carbocycles. The predicted molar refractivity (Wildman–Crippen MR) is 129 cm³/mol. The Morgan fingerprint density at radius 2 is 1.82 bits per heavy atom. The fourth-order valence-electron chi connectivity index (χ4n) is 3.94. The molecule has 33 heavy (non-hydrogen) atoms. The molecule has 182 valence electrons. The lowest BCUT2D eigenvalue weighted by molar-refractivity contribution is -0.138. The highest BCUT2D eigenvalue weighted by Gasteiger charge is 2.34. The molecule has 0 amide bonds. The van der Waals surface area contributed by atoms with Crippen molar-refractivity contribution in [2.75, 3.05) is 13.3 Å². The quantitative estimate of drug-likeness (QED) is 0.536. The van der Waals surface area contributed by atoms with Gasteiger partial charge in [0.2, 0.25) is 16.0 Å². The van der Waals surface area contributed by atoms with Gasteiger partial charge >= 0.3 is 5.97 Å². The maximum absolute atomic E-state index is 13.6. The van der Waals surface area contributed by atoms with Gasteiger partial charge in [-0.15, -0.1) is 0 Å². The van der Waals surface area contributed by atoms with Crippen molar-refractivity contribution in [3.05, 3.63) is 47.8 Å². The summed E-state index contributed by atoms with van der Waals surface area (Å²) in [7, 11) is -2.15. The molecular weight excluding hydrogens is 445 g/mol. The van der Waals surface area contributed by atoms with E-state index in [1.807, 2.05) is 39.8 Å². The van der Waals surface area contributed by atoms with E-state index in [0.29, 0.717) is 11.3 Å². The Kier molecular flexibility index (Phi) is 8.94. The molecule has 2 unspecified atom stereocenters. The molecule has 0 spiro atoms. The Balaban J connectivity index is 2.47. The number of aliphatic carboxylic acids is 1. The number of benzene rings is 1. The van der Waals surface area contributed by atoms with Gasteiger partial charge in [-0.05, 0) is 41.9 Å². The van der Waals surface area contributed by atoms with Gasteiger partial charge in [0.05, 0.1) is 18.0 Å². The number of carbonyl (C=O) groups is 1. The number of sulfonamides is 1. The van der Waals surface area contributed by atoms with Crippen molar-refractivity contribution < 1.29 is 22.7 Å². The Hall–Kier alpha value is -2.55. The number of carboxylic acids is 1. The molecule has 0 saturated heterocycles. The lowest BCUT2D eigenvalue weighted by Crippen LogP contribution is -2.41. The normalized spacial score (nSPS) is 21.0. The molecule has 1 N–H and O–H groups in total. The first-order chi connectivity index (χ1) is 15.3. The standard InChI is InChI=1S/C24H34FN3O4S/c1-15(2)22-20(12-7-16(3)13-17(4)14-21(29)30)23(18-8-10-19(25)11-9-18)27-24(26-22)28(5)33(6,31)32/h7-12,15-17,20,22H,13-14H2,1-6H3,(H,29,30)/b12-7+/t16-,17-,20?,22?/m1/s1. The Morgan fingerprint density at radius 3 is 2.33 bits per heavy atom. The number of aliphatic imine (C=N–C) groups is 2. The van der Waals surface area contributed by atoms with Crippen LogP contribution in [-0.2, 0) is 14.8 Å². The maximum atomic E-state index is 13.6. The van der Waals surface area contributed by atoms with E-state index in [4.69, 9.17) is 5.11 Å². The van der Waals surface area contributed by atoms with E-state index in [-0.39, 0.29) is 47.9 Å². The number of hydrogen-bond donors (Lipinski definition) is 1. The van der Waals surface area contributed by atoms with Gasteiger partial charge in [0.1, 0.15) is 5.82 Å². The Labute approximate surface area is 196 Å². The van der Waals surface area contributed by atoms with Crippen molar-refractivity contribution in [1.82, 2.24) is 4.31 Å². The topological polar surface area (TPSA) is 99.4 Å². The first kappa shape index (κ1) is 26.7. The third kappa shape index (κ3) is 7.48. The molecule has 0 saturated carbocycles. The third-order valence-corrected chi connectivity index (χ3v) is 6.87. The van der Waals surface area contributed by atoms with Crippen LogP contribution < -0.4 is 0 Å². The summed E-state index contributed by atoms with van der Waals surface area (Å²) in [5.74, 6) is -1.08. The minimum Gasteiger partial charge on any atom is -0.481 e. The molecule has 1 aromatic carbocycles. The zero-order valence-corrected chi connectivity index (χ0v) is 20.9. The Bertz CT molecular complexity index is 1030. The van der Waals surface area contributed by atoms with Crippen LogP contribution in [-0.4, -0.2) is 54.8 Å². The summed E-state index contributed by atoms with van der Waals surface area (Å²) in [6, 6.07) is 5.69.